The SMILES string of the molecule is C/C=C\C=C(\F)C(C)F. The van der Waals surface area contributed by atoms with Crippen LogP contribution in [0.15, 0.2) is 24.1 Å². The van der Waals surface area contributed by atoms with Gasteiger partial charge >= 0.3 is 0 Å². The molecule has 0 saturated heterocycles. The molecule has 1 unspecified atom stereocenters. The molecule has 0 rings (SSSR count). The first-order valence-electron chi connectivity index (χ1n) is 2.81. The molecule has 0 aromatic carbocycles. The third kappa shape index (κ3) is 3.88. The van der Waals surface area contributed by atoms with Crippen molar-refractivity contribution in [3.8, 4) is 0 Å². The van der Waals surface area contributed by atoms with E-state index >= 15 is 0 Å². The summed E-state index contributed by atoms with van der Waals surface area (Å²) < 4.78 is 24.1. The van der Waals surface area contributed by atoms with E-state index in [-0.39, 0.29) is 0 Å². The van der Waals surface area contributed by atoms with Crippen molar-refractivity contribution >= 4 is 0 Å². The first-order chi connectivity index (χ1) is 4.18. The highest BCUT2D eigenvalue weighted by molar-refractivity contribution is 5.08. The fraction of sp³-hybridized carbons (Fsp3) is 0.429. The van der Waals surface area contributed by atoms with Gasteiger partial charge < -0.3 is 0 Å². The maximum absolute atomic E-state index is 12.1. The van der Waals surface area contributed by atoms with Crippen LogP contribution in [0.4, 0.5) is 8.78 Å². The van der Waals surface area contributed by atoms with Crippen molar-refractivity contribution in [3.05, 3.63) is 24.1 Å². The molecule has 0 aromatic rings. The van der Waals surface area contributed by atoms with Crippen molar-refractivity contribution in [2.75, 3.05) is 0 Å². The summed E-state index contributed by atoms with van der Waals surface area (Å²) in [5, 5.41) is 0. The zero-order chi connectivity index (χ0) is 7.28. The smallest absolute Gasteiger partial charge is 0.149 e. The van der Waals surface area contributed by atoms with Crippen LogP contribution in [-0.4, -0.2) is 6.17 Å². The van der Waals surface area contributed by atoms with Crippen LogP contribution < -0.4 is 0 Å². The van der Waals surface area contributed by atoms with Gasteiger partial charge in [0.25, 0.3) is 0 Å². The molecule has 0 aliphatic heterocycles. The summed E-state index contributed by atoms with van der Waals surface area (Å²) in [7, 11) is 0. The van der Waals surface area contributed by atoms with Gasteiger partial charge in [0.15, 0.2) is 0 Å². The van der Waals surface area contributed by atoms with Crippen molar-refractivity contribution in [2.24, 2.45) is 0 Å². The zero-order valence-corrected chi connectivity index (χ0v) is 5.57. The monoisotopic (exact) mass is 132 g/mol. The molecule has 0 fully saturated rings. The highest BCUT2D eigenvalue weighted by Gasteiger charge is 2.01. The molecule has 0 spiro atoms. The number of halogens is 2. The lowest BCUT2D eigenvalue weighted by Gasteiger charge is -1.92. The molecule has 0 radical (unpaired) electrons. The minimum absolute atomic E-state index is 0.729. The first kappa shape index (κ1) is 8.34. The van der Waals surface area contributed by atoms with Crippen LogP contribution in [0.25, 0.3) is 0 Å². The van der Waals surface area contributed by atoms with Gasteiger partial charge in [-0.1, -0.05) is 12.2 Å². The van der Waals surface area contributed by atoms with Crippen LogP contribution in [0.2, 0.25) is 0 Å². The number of alkyl halides is 1. The predicted molar refractivity (Wildman–Crippen MR) is 34.6 cm³/mol. The molecule has 0 aliphatic rings. The Balaban J connectivity index is 3.84. The van der Waals surface area contributed by atoms with E-state index in [1.54, 1.807) is 13.0 Å². The third-order valence-corrected chi connectivity index (χ3v) is 0.828. The average molecular weight is 132 g/mol. The van der Waals surface area contributed by atoms with Gasteiger partial charge in [-0.3, -0.25) is 0 Å². The van der Waals surface area contributed by atoms with E-state index < -0.39 is 12.0 Å². The summed E-state index contributed by atoms with van der Waals surface area (Å²) in [5.41, 5.74) is 0. The Morgan fingerprint density at radius 2 is 2.11 bits per heavy atom. The quantitative estimate of drug-likeness (QED) is 0.507. The van der Waals surface area contributed by atoms with Gasteiger partial charge in [0, 0.05) is 0 Å². The van der Waals surface area contributed by atoms with Gasteiger partial charge in [0.05, 0.1) is 0 Å². The minimum Gasteiger partial charge on any atom is -0.240 e. The lowest BCUT2D eigenvalue weighted by atomic mass is 10.3. The Kier molecular flexibility index (Phi) is 3.93. The molecule has 0 heterocycles. The summed E-state index contributed by atoms with van der Waals surface area (Å²) in [5.74, 6) is -0.729. The third-order valence-electron chi connectivity index (χ3n) is 0.828. The van der Waals surface area contributed by atoms with Gasteiger partial charge in [0.2, 0.25) is 0 Å². The van der Waals surface area contributed by atoms with Crippen molar-refractivity contribution in [3.63, 3.8) is 0 Å². The van der Waals surface area contributed by atoms with E-state index in [9.17, 15) is 8.78 Å². The maximum atomic E-state index is 12.1. The predicted octanol–water partition coefficient (Wildman–Crippen LogP) is 2.77. The fourth-order valence-corrected chi connectivity index (χ4v) is 0.321. The van der Waals surface area contributed by atoms with Crippen molar-refractivity contribution in [2.45, 2.75) is 20.0 Å². The fourth-order valence-electron chi connectivity index (χ4n) is 0.321. The van der Waals surface area contributed by atoms with Crippen molar-refractivity contribution < 1.29 is 8.78 Å². The van der Waals surface area contributed by atoms with Crippen LogP contribution in [0.1, 0.15) is 13.8 Å². The number of rotatable bonds is 2. The molecule has 0 amide bonds. The lowest BCUT2D eigenvalue weighted by molar-refractivity contribution is 0.350. The van der Waals surface area contributed by atoms with Crippen LogP contribution in [-0.2, 0) is 0 Å². The van der Waals surface area contributed by atoms with E-state index in [0.29, 0.717) is 0 Å². The minimum atomic E-state index is -1.48. The molecule has 2 heteroatoms. The Morgan fingerprint density at radius 3 is 2.44 bits per heavy atom. The lowest BCUT2D eigenvalue weighted by Crippen LogP contribution is -1.90. The topological polar surface area (TPSA) is 0 Å². The van der Waals surface area contributed by atoms with Gasteiger partial charge in [-0.25, -0.2) is 8.78 Å². The van der Waals surface area contributed by atoms with Crippen LogP contribution in [0, 0.1) is 0 Å². The highest BCUT2D eigenvalue weighted by Crippen LogP contribution is 2.06. The Bertz CT molecular complexity index is 123. The summed E-state index contributed by atoms with van der Waals surface area (Å²) in [4.78, 5) is 0. The molecule has 0 bridgehead atoms. The van der Waals surface area contributed by atoms with Crippen molar-refractivity contribution in [1.29, 1.82) is 0 Å². The van der Waals surface area contributed by atoms with Crippen LogP contribution >= 0.6 is 0 Å². The Morgan fingerprint density at radius 1 is 1.56 bits per heavy atom. The van der Waals surface area contributed by atoms with Gasteiger partial charge in [-0.2, -0.15) is 0 Å². The summed E-state index contributed by atoms with van der Waals surface area (Å²) in [6, 6.07) is 0. The largest absolute Gasteiger partial charge is 0.240 e. The molecule has 0 aromatic heterocycles. The second kappa shape index (κ2) is 4.24. The number of allylic oxidation sites excluding steroid dienone is 4. The van der Waals surface area contributed by atoms with Crippen molar-refractivity contribution in [1.82, 2.24) is 0 Å². The average Bonchev–Trinajstić information content (AvgIpc) is 1.82. The summed E-state index contributed by atoms with van der Waals surface area (Å²) in [6.07, 6.45) is 2.74. The Labute approximate surface area is 53.9 Å². The van der Waals surface area contributed by atoms with Gasteiger partial charge in [-0.15, -0.1) is 0 Å². The number of hydrogen-bond donors (Lipinski definition) is 0. The second-order valence-electron chi connectivity index (χ2n) is 1.69. The molecular weight excluding hydrogens is 122 g/mol. The van der Waals surface area contributed by atoms with E-state index in [1.807, 2.05) is 0 Å². The molecule has 52 valence electrons. The maximum Gasteiger partial charge on any atom is 0.149 e. The molecule has 0 nitrogen and oxygen atoms in total. The molecule has 0 N–H and O–H groups in total. The zero-order valence-electron chi connectivity index (χ0n) is 5.57. The molecule has 1 atom stereocenters. The number of hydrogen-bond acceptors (Lipinski definition) is 0. The summed E-state index contributed by atoms with van der Waals surface area (Å²) in [6.45, 7) is 2.90. The molecule has 0 saturated carbocycles. The standard InChI is InChI=1S/C7H10F2/c1-3-4-5-7(9)6(2)8/h3-6H,1-2H3/b4-3-,7-5+. The highest BCUT2D eigenvalue weighted by atomic mass is 19.2. The summed E-state index contributed by atoms with van der Waals surface area (Å²) >= 11 is 0. The molecule has 0 aliphatic carbocycles. The van der Waals surface area contributed by atoms with Crippen LogP contribution in [0.5, 0.6) is 0 Å². The van der Waals surface area contributed by atoms with E-state index in [2.05, 4.69) is 0 Å². The van der Waals surface area contributed by atoms with Gasteiger partial charge in [0.1, 0.15) is 12.0 Å². The second-order valence-corrected chi connectivity index (χ2v) is 1.69. The molecule has 9 heavy (non-hydrogen) atoms. The normalized spacial score (nSPS) is 16.7. The van der Waals surface area contributed by atoms with E-state index in [4.69, 9.17) is 0 Å². The first-order valence-corrected chi connectivity index (χ1v) is 2.81. The van der Waals surface area contributed by atoms with E-state index in [0.717, 1.165) is 13.0 Å². The molecular formula is C7H10F2. The van der Waals surface area contributed by atoms with Gasteiger partial charge in [-0.05, 0) is 19.9 Å². The Hall–Kier alpha value is -0.660. The van der Waals surface area contributed by atoms with E-state index in [1.165, 1.54) is 6.08 Å². The van der Waals surface area contributed by atoms with Crippen LogP contribution in [0.3, 0.4) is 0 Å².